The number of benzene rings is 9. The second-order valence-corrected chi connectivity index (χ2v) is 15.7. The largest absolute Gasteiger partial charge is 0.456 e. The number of fused-ring (bicyclic) bond motifs is 11. The molecule has 0 fully saturated rings. The third kappa shape index (κ3) is 5.04. The molecule has 7 heteroatoms. The molecule has 13 aromatic rings. The predicted octanol–water partition coefficient (Wildman–Crippen LogP) is 14.9. The van der Waals surface area contributed by atoms with E-state index in [2.05, 4.69) is 148 Å². The quantitative estimate of drug-likeness (QED) is 0.192. The lowest BCUT2D eigenvalue weighted by molar-refractivity contribution is 0.669. The molecular formula is C53H29ClN4O2. The monoisotopic (exact) mass is 788 g/mol. The fourth-order valence-corrected chi connectivity index (χ4v) is 9.30. The fourth-order valence-electron chi connectivity index (χ4n) is 9.14. The minimum atomic E-state index is 0.135. The summed E-state index contributed by atoms with van der Waals surface area (Å²) in [6, 6.07) is 59.2. The lowest BCUT2D eigenvalue weighted by Gasteiger charge is -2.10. The number of para-hydroxylation sites is 2. The van der Waals surface area contributed by atoms with E-state index >= 15 is 0 Å². The lowest BCUT2D eigenvalue weighted by atomic mass is 9.93. The van der Waals surface area contributed by atoms with E-state index in [1.54, 1.807) is 0 Å². The van der Waals surface area contributed by atoms with Crippen molar-refractivity contribution in [3.63, 3.8) is 0 Å². The minimum absolute atomic E-state index is 0.135. The normalized spacial score (nSPS) is 12.1. The van der Waals surface area contributed by atoms with E-state index in [4.69, 9.17) is 25.4 Å². The molecule has 60 heavy (non-hydrogen) atoms. The van der Waals surface area contributed by atoms with Crippen LogP contribution in [0.3, 0.4) is 0 Å². The number of nitrogens with one attached hydrogen (secondary N) is 1. The Morgan fingerprint density at radius 3 is 1.88 bits per heavy atom. The average molecular weight is 789 g/mol. The number of halogens is 1. The summed E-state index contributed by atoms with van der Waals surface area (Å²) < 4.78 is 13.3. The van der Waals surface area contributed by atoms with Crippen LogP contribution in [0.25, 0.3) is 132 Å². The van der Waals surface area contributed by atoms with Crippen LogP contribution in [0.5, 0.6) is 0 Å². The molecule has 0 amide bonds. The van der Waals surface area contributed by atoms with Crippen molar-refractivity contribution in [3.05, 3.63) is 175 Å². The van der Waals surface area contributed by atoms with Crippen molar-refractivity contribution < 1.29 is 8.83 Å². The Bertz CT molecular complexity index is 3930. The van der Waals surface area contributed by atoms with Gasteiger partial charge in [-0.1, -0.05) is 115 Å². The van der Waals surface area contributed by atoms with Crippen LogP contribution in [-0.4, -0.2) is 19.9 Å². The number of aromatic amines is 1. The SMILES string of the molecule is Clc1nc(-c2ccc3ccccc3c2)nc(-c2ccc3c(c2)oc2ccc(-c4ccc5oc6c(-c7cccc8c7[nH]c7ccccc78)c7ccccc7cc6c5c4)cc23)n1. The Hall–Kier alpha value is -7.80. The molecule has 0 saturated carbocycles. The summed E-state index contributed by atoms with van der Waals surface area (Å²) in [6.07, 6.45) is 0. The van der Waals surface area contributed by atoms with Gasteiger partial charge in [-0.25, -0.2) is 4.98 Å². The molecule has 0 bridgehead atoms. The Labute approximate surface area is 346 Å². The third-order valence-electron chi connectivity index (χ3n) is 12.0. The summed E-state index contributed by atoms with van der Waals surface area (Å²) in [7, 11) is 0. The zero-order valence-corrected chi connectivity index (χ0v) is 32.5. The molecule has 0 aliphatic rings. The maximum Gasteiger partial charge on any atom is 0.226 e. The zero-order valence-electron chi connectivity index (χ0n) is 31.7. The number of hydrogen-bond donors (Lipinski definition) is 1. The second kappa shape index (κ2) is 12.6. The molecule has 13 rings (SSSR count). The molecule has 4 aromatic heterocycles. The van der Waals surface area contributed by atoms with Gasteiger partial charge in [0.2, 0.25) is 5.28 Å². The van der Waals surface area contributed by atoms with Gasteiger partial charge in [0, 0.05) is 60.1 Å². The molecule has 0 aliphatic carbocycles. The molecular weight excluding hydrogens is 760 g/mol. The Balaban J connectivity index is 0.916. The average Bonchev–Trinajstić information content (AvgIpc) is 3.98. The Morgan fingerprint density at radius 1 is 0.400 bits per heavy atom. The van der Waals surface area contributed by atoms with Crippen molar-refractivity contribution in [3.8, 4) is 45.0 Å². The molecule has 280 valence electrons. The Morgan fingerprint density at radius 2 is 1.05 bits per heavy atom. The van der Waals surface area contributed by atoms with Crippen LogP contribution in [0.4, 0.5) is 0 Å². The van der Waals surface area contributed by atoms with Gasteiger partial charge in [-0.15, -0.1) is 0 Å². The molecule has 9 aromatic carbocycles. The van der Waals surface area contributed by atoms with Gasteiger partial charge >= 0.3 is 0 Å². The topological polar surface area (TPSA) is 80.7 Å². The van der Waals surface area contributed by atoms with Crippen LogP contribution in [-0.2, 0) is 0 Å². The number of hydrogen-bond acceptors (Lipinski definition) is 5. The zero-order chi connectivity index (χ0) is 39.5. The molecule has 0 unspecified atom stereocenters. The smallest absolute Gasteiger partial charge is 0.226 e. The van der Waals surface area contributed by atoms with Gasteiger partial charge in [-0.05, 0) is 98.9 Å². The van der Waals surface area contributed by atoms with Gasteiger partial charge in [0.25, 0.3) is 0 Å². The highest BCUT2D eigenvalue weighted by Crippen LogP contribution is 2.45. The van der Waals surface area contributed by atoms with Crippen LogP contribution in [0.1, 0.15) is 0 Å². The molecule has 4 heterocycles. The second-order valence-electron chi connectivity index (χ2n) is 15.4. The van der Waals surface area contributed by atoms with E-state index in [1.165, 1.54) is 10.8 Å². The summed E-state index contributed by atoms with van der Waals surface area (Å²) >= 11 is 6.49. The van der Waals surface area contributed by atoms with E-state index in [1.807, 2.05) is 36.4 Å². The van der Waals surface area contributed by atoms with Crippen molar-refractivity contribution in [2.75, 3.05) is 0 Å². The highest BCUT2D eigenvalue weighted by molar-refractivity contribution is 6.28. The molecule has 0 aliphatic heterocycles. The number of aromatic nitrogens is 4. The van der Waals surface area contributed by atoms with Gasteiger partial charge in [0.05, 0.1) is 5.52 Å². The maximum atomic E-state index is 6.83. The van der Waals surface area contributed by atoms with Crippen LogP contribution in [0, 0.1) is 0 Å². The van der Waals surface area contributed by atoms with E-state index < -0.39 is 0 Å². The summed E-state index contributed by atoms with van der Waals surface area (Å²) in [5, 5.41) is 11.3. The summed E-state index contributed by atoms with van der Waals surface area (Å²) in [5.74, 6) is 0.999. The molecule has 1 N–H and O–H groups in total. The van der Waals surface area contributed by atoms with Gasteiger partial charge in [0.15, 0.2) is 11.6 Å². The van der Waals surface area contributed by atoms with Gasteiger partial charge in [-0.3, -0.25) is 0 Å². The van der Waals surface area contributed by atoms with Crippen LogP contribution < -0.4 is 0 Å². The standard InChI is InChI=1S/C53H29ClN4O2/c54-53-57-51(34-17-16-29-8-1-2-9-30(29)24-34)56-52(58-53)35-18-21-38-41-25-31(19-22-45(41)59-47(38)28-35)32-20-23-46-42(26-32)43-27-33-10-3-4-11-36(33)48(50(43)60-46)40-14-7-13-39-37-12-5-6-15-44(37)55-49(39)40/h1-28,55H. The Kier molecular flexibility index (Phi) is 6.97. The molecule has 0 atom stereocenters. The van der Waals surface area contributed by atoms with Crippen molar-refractivity contribution in [1.82, 2.24) is 19.9 Å². The summed E-state index contributed by atoms with van der Waals surface area (Å²) in [4.78, 5) is 17.5. The van der Waals surface area contributed by atoms with Crippen LogP contribution in [0.15, 0.2) is 179 Å². The lowest BCUT2D eigenvalue weighted by Crippen LogP contribution is -1.97. The fraction of sp³-hybridized carbons (Fsp3) is 0. The van der Waals surface area contributed by atoms with E-state index in [9.17, 15) is 0 Å². The predicted molar refractivity (Wildman–Crippen MR) is 246 cm³/mol. The first kappa shape index (κ1) is 33.2. The first-order chi connectivity index (χ1) is 29.6. The van der Waals surface area contributed by atoms with Gasteiger partial charge in [-0.2, -0.15) is 9.97 Å². The number of nitrogens with zero attached hydrogens (tertiary/aromatic N) is 3. The maximum absolute atomic E-state index is 6.83. The minimum Gasteiger partial charge on any atom is -0.456 e. The number of H-pyrrole nitrogens is 1. The highest BCUT2D eigenvalue weighted by Gasteiger charge is 2.21. The first-order valence-corrected chi connectivity index (χ1v) is 20.2. The van der Waals surface area contributed by atoms with Crippen molar-refractivity contribution in [2.45, 2.75) is 0 Å². The van der Waals surface area contributed by atoms with E-state index in [0.29, 0.717) is 11.6 Å². The third-order valence-corrected chi connectivity index (χ3v) is 12.1. The van der Waals surface area contributed by atoms with E-state index in [0.717, 1.165) is 110 Å². The number of rotatable bonds is 4. The van der Waals surface area contributed by atoms with Gasteiger partial charge < -0.3 is 13.8 Å². The van der Waals surface area contributed by atoms with Crippen LogP contribution >= 0.6 is 11.6 Å². The van der Waals surface area contributed by atoms with Crippen molar-refractivity contribution >= 4 is 98.8 Å². The number of furan rings is 2. The molecule has 0 saturated heterocycles. The summed E-state index contributed by atoms with van der Waals surface area (Å²) in [6.45, 7) is 0. The van der Waals surface area contributed by atoms with Crippen LogP contribution in [0.2, 0.25) is 5.28 Å². The highest BCUT2D eigenvalue weighted by atomic mass is 35.5. The molecule has 0 radical (unpaired) electrons. The van der Waals surface area contributed by atoms with E-state index in [-0.39, 0.29) is 5.28 Å². The molecule has 6 nitrogen and oxygen atoms in total. The van der Waals surface area contributed by atoms with Crippen molar-refractivity contribution in [2.24, 2.45) is 0 Å². The first-order valence-electron chi connectivity index (χ1n) is 19.9. The van der Waals surface area contributed by atoms with Gasteiger partial charge in [0.1, 0.15) is 22.3 Å². The van der Waals surface area contributed by atoms with Crippen molar-refractivity contribution in [1.29, 1.82) is 0 Å². The molecule has 0 spiro atoms. The summed E-state index contributed by atoms with van der Waals surface area (Å²) in [5.41, 5.74) is 11.5.